The third-order valence-electron chi connectivity index (χ3n) is 3.38. The molecule has 3 rings (SSSR count). The van der Waals surface area contributed by atoms with Crippen LogP contribution in [0, 0.1) is 23.1 Å². The molecule has 0 radical (unpaired) electrons. The Bertz CT molecular complexity index is 938. The quantitative estimate of drug-likeness (QED) is 0.532. The van der Waals surface area contributed by atoms with Gasteiger partial charge in [0, 0.05) is 6.20 Å². The number of hydrogen-bond acceptors (Lipinski definition) is 5. The van der Waals surface area contributed by atoms with E-state index in [1.54, 1.807) is 12.1 Å². The van der Waals surface area contributed by atoms with Crippen molar-refractivity contribution in [3.63, 3.8) is 0 Å². The molecule has 118 valence electrons. The van der Waals surface area contributed by atoms with E-state index in [9.17, 15) is 19.2 Å². The Labute approximate surface area is 135 Å². The second-order valence-corrected chi connectivity index (χ2v) is 4.89. The summed E-state index contributed by atoms with van der Waals surface area (Å²) in [7, 11) is 0. The number of ketones is 2. The van der Waals surface area contributed by atoms with Crippen LogP contribution >= 0.6 is 0 Å². The first-order valence-electron chi connectivity index (χ1n) is 6.93. The van der Waals surface area contributed by atoms with Crippen LogP contribution < -0.4 is 0 Å². The molecule has 1 unspecified atom stereocenters. The molecular formula is C17H10FN3O3. The zero-order valence-corrected chi connectivity index (χ0v) is 12.2. The molecule has 7 heteroatoms. The first-order chi connectivity index (χ1) is 11.6. The molecule has 6 nitrogen and oxygen atoms in total. The maximum Gasteiger partial charge on any atom is 0.222 e. The lowest BCUT2D eigenvalue weighted by atomic mass is 9.95. The molecule has 0 fully saturated rings. The highest BCUT2D eigenvalue weighted by Gasteiger charge is 2.31. The highest BCUT2D eigenvalue weighted by molar-refractivity contribution is 6.17. The fourth-order valence-electron chi connectivity index (χ4n) is 2.18. The average Bonchev–Trinajstić information content (AvgIpc) is 3.27. The summed E-state index contributed by atoms with van der Waals surface area (Å²) in [6.45, 7) is 0. The van der Waals surface area contributed by atoms with Gasteiger partial charge in [0.05, 0.1) is 24.1 Å². The number of para-hydroxylation sites is 1. The van der Waals surface area contributed by atoms with Crippen molar-refractivity contribution in [2.24, 2.45) is 5.92 Å². The Kier molecular flexibility index (Phi) is 4.03. The summed E-state index contributed by atoms with van der Waals surface area (Å²) < 4.78 is 19.9. The van der Waals surface area contributed by atoms with Crippen molar-refractivity contribution in [2.45, 2.75) is 0 Å². The first kappa shape index (κ1) is 15.4. The number of hydrogen-bond donors (Lipinski definition) is 0. The van der Waals surface area contributed by atoms with Crippen LogP contribution in [0.3, 0.4) is 0 Å². The van der Waals surface area contributed by atoms with Gasteiger partial charge < -0.3 is 4.42 Å². The summed E-state index contributed by atoms with van der Waals surface area (Å²) in [6.07, 6.45) is 3.75. The molecule has 0 bridgehead atoms. The predicted molar refractivity (Wildman–Crippen MR) is 80.0 cm³/mol. The lowest BCUT2D eigenvalue weighted by molar-refractivity contribution is 0.0829. The molecule has 24 heavy (non-hydrogen) atoms. The standard InChI is InChI=1S/C17H10FN3O3/c18-13-4-1-2-5-14(13)21-10-11(9-20-21)16(22)12(8-19)17(23)15-6-3-7-24-15/h1-7,9-10,12H. The number of nitriles is 1. The van der Waals surface area contributed by atoms with Gasteiger partial charge in [-0.15, -0.1) is 0 Å². The van der Waals surface area contributed by atoms with E-state index in [2.05, 4.69) is 5.10 Å². The molecular weight excluding hydrogens is 313 g/mol. The van der Waals surface area contributed by atoms with Crippen LogP contribution in [-0.2, 0) is 0 Å². The smallest absolute Gasteiger partial charge is 0.222 e. The molecule has 2 heterocycles. The van der Waals surface area contributed by atoms with E-state index < -0.39 is 23.3 Å². The van der Waals surface area contributed by atoms with Gasteiger partial charge in [0.15, 0.2) is 17.5 Å². The Hall–Kier alpha value is -3.53. The van der Waals surface area contributed by atoms with Crippen molar-refractivity contribution in [2.75, 3.05) is 0 Å². The lowest BCUT2D eigenvalue weighted by Crippen LogP contribution is -2.22. The molecule has 0 saturated heterocycles. The molecule has 3 aromatic rings. The zero-order chi connectivity index (χ0) is 17.1. The Morgan fingerprint density at radius 3 is 2.67 bits per heavy atom. The van der Waals surface area contributed by atoms with Crippen LogP contribution in [0.2, 0.25) is 0 Å². The van der Waals surface area contributed by atoms with Crippen LogP contribution in [0.1, 0.15) is 20.9 Å². The predicted octanol–water partition coefficient (Wildman–Crippen LogP) is 2.81. The third-order valence-corrected chi connectivity index (χ3v) is 3.38. The molecule has 0 aliphatic heterocycles. The minimum absolute atomic E-state index is 0.0321. The number of furan rings is 1. The monoisotopic (exact) mass is 323 g/mol. The van der Waals surface area contributed by atoms with Gasteiger partial charge in [0.1, 0.15) is 11.5 Å². The van der Waals surface area contributed by atoms with E-state index in [1.807, 2.05) is 0 Å². The second kappa shape index (κ2) is 6.30. The normalized spacial score (nSPS) is 11.7. The Morgan fingerprint density at radius 2 is 2.00 bits per heavy atom. The molecule has 0 aliphatic rings. The van der Waals surface area contributed by atoms with Crippen molar-refractivity contribution >= 4 is 11.6 Å². The first-order valence-corrected chi connectivity index (χ1v) is 6.93. The Balaban J connectivity index is 1.89. The summed E-state index contributed by atoms with van der Waals surface area (Å²) in [5.41, 5.74) is 0.187. The largest absolute Gasteiger partial charge is 0.461 e. The minimum atomic E-state index is -1.55. The van der Waals surface area contributed by atoms with Crippen molar-refractivity contribution in [3.05, 3.63) is 72.2 Å². The van der Waals surface area contributed by atoms with Gasteiger partial charge >= 0.3 is 0 Å². The molecule has 2 aromatic heterocycles. The van der Waals surface area contributed by atoms with Gasteiger partial charge in [-0.1, -0.05) is 12.1 Å². The molecule has 0 aliphatic carbocycles. The van der Waals surface area contributed by atoms with E-state index in [1.165, 1.54) is 53.7 Å². The fourth-order valence-corrected chi connectivity index (χ4v) is 2.18. The summed E-state index contributed by atoms with van der Waals surface area (Å²) in [5, 5.41) is 13.1. The molecule has 1 aromatic carbocycles. The number of nitrogens with zero attached hydrogens (tertiary/aromatic N) is 3. The highest BCUT2D eigenvalue weighted by atomic mass is 19.1. The van der Waals surface area contributed by atoms with Gasteiger partial charge in [-0.3, -0.25) is 9.59 Å². The highest BCUT2D eigenvalue weighted by Crippen LogP contribution is 2.17. The van der Waals surface area contributed by atoms with Crippen LogP contribution in [0.4, 0.5) is 4.39 Å². The average molecular weight is 323 g/mol. The van der Waals surface area contributed by atoms with Gasteiger partial charge in [-0.25, -0.2) is 9.07 Å². The molecule has 0 spiro atoms. The summed E-state index contributed by atoms with van der Waals surface area (Å²) in [5.74, 6) is -3.58. The molecule has 0 amide bonds. The van der Waals surface area contributed by atoms with E-state index >= 15 is 0 Å². The number of benzene rings is 1. The molecule has 1 atom stereocenters. The van der Waals surface area contributed by atoms with E-state index in [0.717, 1.165) is 0 Å². The van der Waals surface area contributed by atoms with Crippen LogP contribution in [-0.4, -0.2) is 21.3 Å². The SMILES string of the molecule is N#CC(C(=O)c1cnn(-c2ccccc2F)c1)C(=O)c1ccco1. The van der Waals surface area contributed by atoms with Gasteiger partial charge in [-0.2, -0.15) is 10.4 Å². The van der Waals surface area contributed by atoms with Crippen molar-refractivity contribution < 1.29 is 18.4 Å². The number of rotatable bonds is 5. The molecule has 0 N–H and O–H groups in total. The van der Waals surface area contributed by atoms with E-state index in [4.69, 9.17) is 4.42 Å². The fraction of sp³-hybridized carbons (Fsp3) is 0.0588. The zero-order valence-electron chi connectivity index (χ0n) is 12.2. The van der Waals surface area contributed by atoms with Crippen molar-refractivity contribution in [1.29, 1.82) is 5.26 Å². The van der Waals surface area contributed by atoms with Crippen LogP contribution in [0.25, 0.3) is 5.69 Å². The summed E-state index contributed by atoms with van der Waals surface area (Å²) in [4.78, 5) is 24.6. The van der Waals surface area contributed by atoms with Crippen LogP contribution in [0.5, 0.6) is 0 Å². The minimum Gasteiger partial charge on any atom is -0.461 e. The topological polar surface area (TPSA) is 88.9 Å². The van der Waals surface area contributed by atoms with E-state index in [-0.39, 0.29) is 17.0 Å². The number of Topliss-reactive ketones (excluding diaryl/α,β-unsaturated/α-hetero) is 2. The van der Waals surface area contributed by atoms with Crippen molar-refractivity contribution in [3.8, 4) is 11.8 Å². The van der Waals surface area contributed by atoms with Gasteiger partial charge in [0.25, 0.3) is 0 Å². The number of aromatic nitrogens is 2. The van der Waals surface area contributed by atoms with Crippen molar-refractivity contribution in [1.82, 2.24) is 9.78 Å². The second-order valence-electron chi connectivity index (χ2n) is 4.89. The maximum atomic E-state index is 13.8. The lowest BCUT2D eigenvalue weighted by Gasteiger charge is -2.04. The number of halogens is 1. The van der Waals surface area contributed by atoms with Gasteiger partial charge in [-0.05, 0) is 24.3 Å². The summed E-state index contributed by atoms with van der Waals surface area (Å²) in [6, 6.07) is 10.5. The third kappa shape index (κ3) is 2.73. The maximum absolute atomic E-state index is 13.8. The summed E-state index contributed by atoms with van der Waals surface area (Å²) >= 11 is 0. The van der Waals surface area contributed by atoms with E-state index in [0.29, 0.717) is 0 Å². The van der Waals surface area contributed by atoms with Crippen LogP contribution in [0.15, 0.2) is 59.5 Å². The van der Waals surface area contributed by atoms with Gasteiger partial charge in [0.2, 0.25) is 5.78 Å². The number of carbonyl (C=O) groups excluding carboxylic acids is 2. The molecule has 0 saturated carbocycles. The Morgan fingerprint density at radius 1 is 1.21 bits per heavy atom. The number of carbonyl (C=O) groups is 2.